The first kappa shape index (κ1) is 17.2. The van der Waals surface area contributed by atoms with Crippen LogP contribution in [-0.4, -0.2) is 61.9 Å². The van der Waals surface area contributed by atoms with E-state index in [0.29, 0.717) is 19.5 Å². The van der Waals surface area contributed by atoms with Crippen molar-refractivity contribution in [1.82, 2.24) is 4.90 Å². The molecule has 1 aliphatic rings. The standard InChI is InChI=1S/C11H21NO4.CH4O/c1-10(2,3)16-9(13)12-7-6-11(8-12,14-4)15-5;1-2/h6-8H2,1-5H3;2H,1H3. The molecule has 0 atom stereocenters. The van der Waals surface area contributed by atoms with E-state index in [2.05, 4.69) is 0 Å². The molecule has 1 N–H and O–H groups in total. The van der Waals surface area contributed by atoms with E-state index in [1.807, 2.05) is 20.8 Å². The lowest BCUT2D eigenvalue weighted by Gasteiger charge is -2.27. The van der Waals surface area contributed by atoms with Crippen molar-refractivity contribution in [2.75, 3.05) is 34.4 Å². The molecule has 1 rings (SSSR count). The van der Waals surface area contributed by atoms with Gasteiger partial charge in [0.05, 0.1) is 6.54 Å². The maximum absolute atomic E-state index is 11.8. The quantitative estimate of drug-likeness (QED) is 0.759. The summed E-state index contributed by atoms with van der Waals surface area (Å²) < 4.78 is 15.9. The van der Waals surface area contributed by atoms with Crippen LogP contribution in [-0.2, 0) is 14.2 Å². The van der Waals surface area contributed by atoms with Gasteiger partial charge in [0.2, 0.25) is 0 Å². The number of amides is 1. The fourth-order valence-corrected chi connectivity index (χ4v) is 1.65. The Morgan fingerprint density at radius 1 is 1.22 bits per heavy atom. The summed E-state index contributed by atoms with van der Waals surface area (Å²) in [5, 5.41) is 7.00. The Morgan fingerprint density at radius 3 is 2.06 bits per heavy atom. The molecule has 0 unspecified atom stereocenters. The topological polar surface area (TPSA) is 68.2 Å². The van der Waals surface area contributed by atoms with Crippen LogP contribution in [0.4, 0.5) is 4.79 Å². The number of rotatable bonds is 2. The van der Waals surface area contributed by atoms with Crippen molar-refractivity contribution in [3.8, 4) is 0 Å². The molecule has 0 aromatic carbocycles. The molecule has 1 fully saturated rings. The molecule has 0 aliphatic carbocycles. The highest BCUT2D eigenvalue weighted by atomic mass is 16.7. The van der Waals surface area contributed by atoms with Gasteiger partial charge >= 0.3 is 6.09 Å². The molecular formula is C12H25NO5. The maximum Gasteiger partial charge on any atom is 0.410 e. The highest BCUT2D eigenvalue weighted by Crippen LogP contribution is 2.26. The van der Waals surface area contributed by atoms with E-state index in [0.717, 1.165) is 7.11 Å². The van der Waals surface area contributed by atoms with Gasteiger partial charge in [-0.3, -0.25) is 0 Å². The van der Waals surface area contributed by atoms with Crippen LogP contribution in [0.25, 0.3) is 0 Å². The number of hydrogen-bond acceptors (Lipinski definition) is 5. The molecule has 0 aromatic heterocycles. The van der Waals surface area contributed by atoms with E-state index in [1.54, 1.807) is 19.1 Å². The van der Waals surface area contributed by atoms with Crippen LogP contribution in [0.2, 0.25) is 0 Å². The van der Waals surface area contributed by atoms with Gasteiger partial charge in [-0.25, -0.2) is 4.79 Å². The third-order valence-electron chi connectivity index (χ3n) is 2.59. The van der Waals surface area contributed by atoms with Gasteiger partial charge in [0.25, 0.3) is 0 Å². The average Bonchev–Trinajstić information content (AvgIpc) is 2.75. The van der Waals surface area contributed by atoms with E-state index in [9.17, 15) is 4.79 Å². The highest BCUT2D eigenvalue weighted by Gasteiger charge is 2.41. The molecule has 1 amide bonds. The van der Waals surface area contributed by atoms with Crippen LogP contribution in [0.5, 0.6) is 0 Å². The second kappa shape index (κ2) is 6.92. The second-order valence-corrected chi connectivity index (χ2v) is 4.97. The van der Waals surface area contributed by atoms with Crippen molar-refractivity contribution in [1.29, 1.82) is 0 Å². The Morgan fingerprint density at radius 2 is 1.72 bits per heavy atom. The molecule has 1 saturated heterocycles. The summed E-state index contributed by atoms with van der Waals surface area (Å²) >= 11 is 0. The zero-order valence-electron chi connectivity index (χ0n) is 12.1. The average molecular weight is 263 g/mol. The third-order valence-corrected chi connectivity index (χ3v) is 2.59. The normalized spacial score (nSPS) is 18.1. The first-order valence-corrected chi connectivity index (χ1v) is 5.85. The fraction of sp³-hybridized carbons (Fsp3) is 0.917. The summed E-state index contributed by atoms with van der Waals surface area (Å²) in [4.78, 5) is 13.4. The molecule has 6 nitrogen and oxygen atoms in total. The minimum atomic E-state index is -0.670. The van der Waals surface area contributed by atoms with Crippen LogP contribution in [0.3, 0.4) is 0 Å². The monoisotopic (exact) mass is 263 g/mol. The van der Waals surface area contributed by atoms with Gasteiger partial charge in [-0.1, -0.05) is 0 Å². The van der Waals surface area contributed by atoms with Gasteiger partial charge in [-0.15, -0.1) is 0 Å². The second-order valence-electron chi connectivity index (χ2n) is 4.97. The number of nitrogens with zero attached hydrogens (tertiary/aromatic N) is 1. The molecule has 6 heteroatoms. The van der Waals surface area contributed by atoms with Gasteiger partial charge in [0.15, 0.2) is 5.79 Å². The Hall–Kier alpha value is -0.850. The van der Waals surface area contributed by atoms with Gasteiger partial charge in [-0.05, 0) is 20.8 Å². The largest absolute Gasteiger partial charge is 0.444 e. The van der Waals surface area contributed by atoms with Crippen molar-refractivity contribution in [2.45, 2.75) is 38.6 Å². The van der Waals surface area contributed by atoms with Crippen LogP contribution in [0, 0.1) is 0 Å². The lowest BCUT2D eigenvalue weighted by atomic mass is 10.2. The Kier molecular flexibility index (Phi) is 6.59. The highest BCUT2D eigenvalue weighted by molar-refractivity contribution is 5.68. The SMILES string of the molecule is CO.COC1(OC)CCN(C(=O)OC(C)(C)C)C1. The first-order chi connectivity index (χ1) is 8.32. The molecule has 18 heavy (non-hydrogen) atoms. The lowest BCUT2D eigenvalue weighted by molar-refractivity contribution is -0.194. The molecule has 1 aliphatic heterocycles. The predicted molar refractivity (Wildman–Crippen MR) is 67.3 cm³/mol. The number of carbonyl (C=O) groups excluding carboxylic acids is 1. The van der Waals surface area contributed by atoms with E-state index < -0.39 is 11.4 Å². The smallest absolute Gasteiger partial charge is 0.410 e. The first-order valence-electron chi connectivity index (χ1n) is 5.85. The van der Waals surface area contributed by atoms with Crippen LogP contribution < -0.4 is 0 Å². The summed E-state index contributed by atoms with van der Waals surface area (Å²) in [7, 11) is 4.17. The van der Waals surface area contributed by atoms with Crippen molar-refractivity contribution in [3.63, 3.8) is 0 Å². The van der Waals surface area contributed by atoms with Gasteiger partial charge in [0, 0.05) is 34.3 Å². The fourth-order valence-electron chi connectivity index (χ4n) is 1.65. The van der Waals surface area contributed by atoms with E-state index >= 15 is 0 Å². The summed E-state index contributed by atoms with van der Waals surface area (Å²) in [6.07, 6.45) is 0.350. The number of aliphatic hydroxyl groups excluding tert-OH is 1. The summed E-state index contributed by atoms with van der Waals surface area (Å²) in [5.74, 6) is -0.670. The molecule has 108 valence electrons. The molecule has 0 spiro atoms. The molecule has 1 heterocycles. The number of hydrogen-bond donors (Lipinski definition) is 1. The minimum absolute atomic E-state index is 0.316. The van der Waals surface area contributed by atoms with Gasteiger partial charge in [-0.2, -0.15) is 0 Å². The number of methoxy groups -OCH3 is 2. The van der Waals surface area contributed by atoms with Crippen LogP contribution in [0.1, 0.15) is 27.2 Å². The maximum atomic E-state index is 11.8. The van der Waals surface area contributed by atoms with Crippen LogP contribution in [0.15, 0.2) is 0 Å². The van der Waals surface area contributed by atoms with Crippen molar-refractivity contribution < 1.29 is 24.1 Å². The zero-order chi connectivity index (χ0) is 14.4. The molecule has 0 saturated carbocycles. The Balaban J connectivity index is 0.00000137. The summed E-state index contributed by atoms with van der Waals surface area (Å²) in [6, 6.07) is 0. The zero-order valence-corrected chi connectivity index (χ0v) is 12.1. The molecule has 0 aromatic rings. The number of carbonyl (C=O) groups is 1. The van der Waals surface area contributed by atoms with Crippen molar-refractivity contribution in [2.24, 2.45) is 0 Å². The summed E-state index contributed by atoms with van der Waals surface area (Å²) in [6.45, 7) is 6.55. The molecular weight excluding hydrogens is 238 g/mol. The van der Waals surface area contributed by atoms with Gasteiger partial charge in [0.1, 0.15) is 5.60 Å². The van der Waals surface area contributed by atoms with Crippen molar-refractivity contribution in [3.05, 3.63) is 0 Å². The van der Waals surface area contributed by atoms with E-state index in [4.69, 9.17) is 19.3 Å². The van der Waals surface area contributed by atoms with Crippen LogP contribution >= 0.6 is 0 Å². The molecule has 0 bridgehead atoms. The Bertz CT molecular complexity index is 258. The predicted octanol–water partition coefficient (Wildman–Crippen LogP) is 1.22. The Labute approximate surface area is 109 Å². The third kappa shape index (κ3) is 4.80. The van der Waals surface area contributed by atoms with E-state index in [-0.39, 0.29) is 6.09 Å². The lowest BCUT2D eigenvalue weighted by Crippen LogP contribution is -2.41. The molecule has 0 radical (unpaired) electrons. The number of likely N-dealkylation sites (tertiary alicyclic amines) is 1. The van der Waals surface area contributed by atoms with E-state index in [1.165, 1.54) is 0 Å². The van der Waals surface area contributed by atoms with Gasteiger partial charge < -0.3 is 24.2 Å². The number of ether oxygens (including phenoxy) is 3. The summed E-state index contributed by atoms with van der Waals surface area (Å²) in [5.41, 5.74) is -0.470. The minimum Gasteiger partial charge on any atom is -0.444 e. The number of aliphatic hydroxyl groups is 1. The van der Waals surface area contributed by atoms with Crippen molar-refractivity contribution >= 4 is 6.09 Å².